The molecule has 0 aliphatic carbocycles. The molecule has 5 heteroatoms. The summed E-state index contributed by atoms with van der Waals surface area (Å²) in [5, 5.41) is 15.0. The van der Waals surface area contributed by atoms with Crippen LogP contribution in [0.5, 0.6) is 5.75 Å². The fraction of sp³-hybridized carbons (Fsp3) is 0.357. The molecule has 0 heterocycles. The van der Waals surface area contributed by atoms with E-state index in [1.807, 2.05) is 19.1 Å². The van der Waals surface area contributed by atoms with E-state index in [0.29, 0.717) is 17.9 Å². The van der Waals surface area contributed by atoms with Crippen molar-refractivity contribution >= 4 is 5.84 Å². The third-order valence-electron chi connectivity index (χ3n) is 2.58. The van der Waals surface area contributed by atoms with Crippen molar-refractivity contribution in [2.24, 2.45) is 10.9 Å². The van der Waals surface area contributed by atoms with Gasteiger partial charge >= 0.3 is 0 Å². The molecule has 1 aromatic carbocycles. The molecule has 0 fully saturated rings. The molecular weight excluding hydrogens is 242 g/mol. The monoisotopic (exact) mass is 261 g/mol. The molecule has 0 aromatic heterocycles. The van der Waals surface area contributed by atoms with Gasteiger partial charge in [-0.3, -0.25) is 0 Å². The van der Waals surface area contributed by atoms with Crippen LogP contribution in [0.4, 0.5) is 0 Å². The molecule has 0 spiro atoms. The number of methoxy groups -OCH3 is 1. The number of nitrogens with two attached hydrogens (primary N) is 1. The van der Waals surface area contributed by atoms with E-state index >= 15 is 0 Å². The van der Waals surface area contributed by atoms with Crippen molar-refractivity contribution in [1.29, 1.82) is 0 Å². The minimum atomic E-state index is 0.0375. The van der Waals surface area contributed by atoms with Gasteiger partial charge in [0.15, 0.2) is 5.84 Å². The molecular formula is C14H19N3O2. The van der Waals surface area contributed by atoms with Crippen LogP contribution in [0.15, 0.2) is 23.4 Å². The van der Waals surface area contributed by atoms with E-state index in [2.05, 4.69) is 22.3 Å². The normalized spacial score (nSPS) is 10.7. The maximum Gasteiger partial charge on any atom is 0.173 e. The molecule has 0 atom stereocenters. The summed E-state index contributed by atoms with van der Waals surface area (Å²) in [5.41, 5.74) is 7.23. The molecule has 19 heavy (non-hydrogen) atoms. The molecule has 0 amide bonds. The average molecular weight is 261 g/mol. The number of nitrogens with zero attached hydrogens (tertiary/aromatic N) is 1. The minimum Gasteiger partial charge on any atom is -0.496 e. The highest BCUT2D eigenvalue weighted by Crippen LogP contribution is 2.19. The number of nitrogens with one attached hydrogen (secondary N) is 1. The molecule has 102 valence electrons. The molecule has 1 aromatic rings. The summed E-state index contributed by atoms with van der Waals surface area (Å²) < 4.78 is 5.17. The van der Waals surface area contributed by atoms with Crippen molar-refractivity contribution in [3.63, 3.8) is 0 Å². The highest BCUT2D eigenvalue weighted by Gasteiger charge is 2.08. The molecule has 0 aliphatic heterocycles. The van der Waals surface area contributed by atoms with Gasteiger partial charge in [0.2, 0.25) is 0 Å². The smallest absolute Gasteiger partial charge is 0.173 e. The highest BCUT2D eigenvalue weighted by atomic mass is 16.5. The first-order chi connectivity index (χ1) is 9.22. The van der Waals surface area contributed by atoms with Gasteiger partial charge in [0, 0.05) is 19.5 Å². The Morgan fingerprint density at radius 2 is 2.32 bits per heavy atom. The minimum absolute atomic E-state index is 0.0375. The number of amidine groups is 1. The lowest BCUT2D eigenvalue weighted by molar-refractivity contribution is 0.318. The molecule has 0 aliphatic rings. The van der Waals surface area contributed by atoms with Crippen molar-refractivity contribution < 1.29 is 9.94 Å². The SMILES string of the molecule is CC#CCCNCc1ccc(OC)c(/C(N)=N/O)c1. The van der Waals surface area contributed by atoms with Crippen molar-refractivity contribution in [3.05, 3.63) is 29.3 Å². The molecule has 0 radical (unpaired) electrons. The third kappa shape index (κ3) is 4.53. The third-order valence-corrected chi connectivity index (χ3v) is 2.58. The van der Waals surface area contributed by atoms with Gasteiger partial charge in [-0.25, -0.2) is 0 Å². The van der Waals surface area contributed by atoms with Gasteiger partial charge < -0.3 is 21.0 Å². The molecule has 5 nitrogen and oxygen atoms in total. The van der Waals surface area contributed by atoms with Gasteiger partial charge in [0.1, 0.15) is 5.75 Å². The number of oxime groups is 1. The van der Waals surface area contributed by atoms with Gasteiger partial charge in [-0.05, 0) is 24.6 Å². The van der Waals surface area contributed by atoms with Crippen molar-refractivity contribution in [2.75, 3.05) is 13.7 Å². The Bertz CT molecular complexity index is 501. The van der Waals surface area contributed by atoms with Crippen LogP contribution in [0.25, 0.3) is 0 Å². The second-order valence-electron chi connectivity index (χ2n) is 3.87. The number of rotatable bonds is 6. The number of hydrogen-bond donors (Lipinski definition) is 3. The highest BCUT2D eigenvalue weighted by molar-refractivity contribution is 5.99. The average Bonchev–Trinajstić information content (AvgIpc) is 2.46. The van der Waals surface area contributed by atoms with Gasteiger partial charge in [0.25, 0.3) is 0 Å². The summed E-state index contributed by atoms with van der Waals surface area (Å²) in [7, 11) is 1.55. The molecule has 0 saturated carbocycles. The van der Waals surface area contributed by atoms with Crippen LogP contribution in [-0.4, -0.2) is 24.7 Å². The zero-order chi connectivity index (χ0) is 14.1. The van der Waals surface area contributed by atoms with Gasteiger partial charge in [-0.2, -0.15) is 0 Å². The van der Waals surface area contributed by atoms with Crippen molar-refractivity contribution in [3.8, 4) is 17.6 Å². The Morgan fingerprint density at radius 3 is 2.95 bits per heavy atom. The summed E-state index contributed by atoms with van der Waals surface area (Å²) in [6, 6.07) is 5.58. The standard InChI is InChI=1S/C14H19N3O2/c1-3-4-5-8-16-10-11-6-7-13(19-2)12(9-11)14(15)17-18/h6-7,9,16,18H,5,8,10H2,1-2H3,(H2,15,17). The quantitative estimate of drug-likeness (QED) is 0.180. The van der Waals surface area contributed by atoms with E-state index in [1.165, 1.54) is 0 Å². The first-order valence-electron chi connectivity index (χ1n) is 5.98. The van der Waals surface area contributed by atoms with Crippen LogP contribution in [-0.2, 0) is 6.54 Å². The summed E-state index contributed by atoms with van der Waals surface area (Å²) >= 11 is 0. The lowest BCUT2D eigenvalue weighted by Gasteiger charge is -2.10. The summed E-state index contributed by atoms with van der Waals surface area (Å²) in [5.74, 6) is 6.45. The molecule has 0 bridgehead atoms. The summed E-state index contributed by atoms with van der Waals surface area (Å²) in [6.07, 6.45) is 0.819. The van der Waals surface area contributed by atoms with Crippen molar-refractivity contribution in [2.45, 2.75) is 19.9 Å². The predicted molar refractivity (Wildman–Crippen MR) is 75.3 cm³/mol. The van der Waals surface area contributed by atoms with E-state index in [9.17, 15) is 0 Å². The first-order valence-corrected chi connectivity index (χ1v) is 5.98. The van der Waals surface area contributed by atoms with Crippen molar-refractivity contribution in [1.82, 2.24) is 5.32 Å². The lowest BCUT2D eigenvalue weighted by Crippen LogP contribution is -2.17. The van der Waals surface area contributed by atoms with Crippen LogP contribution in [0.3, 0.4) is 0 Å². The number of benzene rings is 1. The van der Waals surface area contributed by atoms with Gasteiger partial charge in [-0.15, -0.1) is 11.8 Å². The fourth-order valence-electron chi connectivity index (χ4n) is 1.63. The van der Waals surface area contributed by atoms with Gasteiger partial charge in [-0.1, -0.05) is 11.2 Å². The molecule has 4 N–H and O–H groups in total. The summed E-state index contributed by atoms with van der Waals surface area (Å²) in [4.78, 5) is 0. The second-order valence-corrected chi connectivity index (χ2v) is 3.87. The Labute approximate surface area is 113 Å². The van der Waals surface area contributed by atoms with E-state index in [-0.39, 0.29) is 5.84 Å². The Kier molecular flexibility index (Phi) is 6.27. The largest absolute Gasteiger partial charge is 0.496 e. The summed E-state index contributed by atoms with van der Waals surface area (Å²) in [6.45, 7) is 3.35. The fourth-order valence-corrected chi connectivity index (χ4v) is 1.63. The zero-order valence-corrected chi connectivity index (χ0v) is 11.2. The maximum atomic E-state index is 8.75. The van der Waals surface area contributed by atoms with Gasteiger partial charge in [0.05, 0.1) is 12.7 Å². The van der Waals surface area contributed by atoms with E-state index in [1.54, 1.807) is 13.2 Å². The number of ether oxygens (including phenoxy) is 1. The zero-order valence-electron chi connectivity index (χ0n) is 11.2. The second kappa shape index (κ2) is 8.01. The maximum absolute atomic E-state index is 8.75. The Hall–Kier alpha value is -2.19. The molecule has 1 rings (SSSR count). The van der Waals surface area contributed by atoms with Crippen LogP contribution >= 0.6 is 0 Å². The molecule has 0 saturated heterocycles. The first kappa shape index (κ1) is 14.9. The van der Waals surface area contributed by atoms with Crippen LogP contribution in [0.2, 0.25) is 0 Å². The lowest BCUT2D eigenvalue weighted by atomic mass is 10.1. The van der Waals surface area contributed by atoms with Crippen LogP contribution < -0.4 is 15.8 Å². The van der Waals surface area contributed by atoms with E-state index in [4.69, 9.17) is 15.7 Å². The van der Waals surface area contributed by atoms with Crippen LogP contribution in [0.1, 0.15) is 24.5 Å². The predicted octanol–water partition coefficient (Wildman–Crippen LogP) is 1.29. The molecule has 0 unspecified atom stereocenters. The number of hydrogen-bond acceptors (Lipinski definition) is 4. The Balaban J connectivity index is 2.72. The van der Waals surface area contributed by atoms with Crippen LogP contribution in [0, 0.1) is 11.8 Å². The Morgan fingerprint density at radius 1 is 1.53 bits per heavy atom. The van der Waals surface area contributed by atoms with E-state index in [0.717, 1.165) is 18.5 Å². The van der Waals surface area contributed by atoms with E-state index < -0.39 is 0 Å². The topological polar surface area (TPSA) is 79.9 Å².